The van der Waals surface area contributed by atoms with E-state index in [1.54, 1.807) is 0 Å². The Hall–Kier alpha value is -1.61. The molecule has 0 heterocycles. The number of aliphatic carboxylic acids is 2. The number of nitrogens with zero attached hydrogens (tertiary/aromatic N) is 2. The predicted octanol–water partition coefficient (Wildman–Crippen LogP) is -0.137. The first kappa shape index (κ1) is 30.1. The minimum absolute atomic E-state index is 0. The Labute approximate surface area is 173 Å². The summed E-state index contributed by atoms with van der Waals surface area (Å²) >= 11 is 0. The van der Waals surface area contributed by atoms with E-state index >= 15 is 0 Å². The molecule has 0 aliphatic heterocycles. The molecule has 2 N–H and O–H groups in total. The molecule has 27 heavy (non-hydrogen) atoms. The Balaban J connectivity index is -0.000000411. The third-order valence-electron chi connectivity index (χ3n) is 2.36. The second kappa shape index (κ2) is 14.4. The average molecular weight is 429 g/mol. The zero-order valence-electron chi connectivity index (χ0n) is 17.7. The van der Waals surface area contributed by atoms with Crippen molar-refractivity contribution in [3.05, 3.63) is 0 Å². The van der Waals surface area contributed by atoms with E-state index in [1.165, 1.54) is 0 Å². The summed E-state index contributed by atoms with van der Waals surface area (Å²) in [5.41, 5.74) is -0.326. The van der Waals surface area contributed by atoms with Gasteiger partial charge in [0.15, 0.2) is 0 Å². The summed E-state index contributed by atoms with van der Waals surface area (Å²) in [6.45, 7) is 16.6. The van der Waals surface area contributed by atoms with Gasteiger partial charge in [-0.05, 0) is 55.4 Å². The number of carboxylic acid groups (broad SMARTS) is 2. The fraction of sp³-hybridized carbons (Fsp3) is 0.778. The summed E-state index contributed by atoms with van der Waals surface area (Å²) in [6, 6.07) is 0. The Kier molecular flexibility index (Phi) is 16.1. The van der Waals surface area contributed by atoms with Gasteiger partial charge in [-0.3, -0.25) is 9.98 Å². The molecule has 1 radical (unpaired) electrons. The number of hydrogen-bond acceptors (Lipinski definition) is 6. The maximum Gasteiger partial charge on any atom is 2.00 e. The molecule has 0 rings (SSSR count). The third-order valence-corrected chi connectivity index (χ3v) is 2.36. The van der Waals surface area contributed by atoms with Crippen LogP contribution in [0.15, 0.2) is 9.98 Å². The van der Waals surface area contributed by atoms with Gasteiger partial charge in [0.1, 0.15) is 11.7 Å². The van der Waals surface area contributed by atoms with Gasteiger partial charge < -0.3 is 30.4 Å². The summed E-state index contributed by atoms with van der Waals surface area (Å²) in [5, 5.41) is 26.7. The van der Waals surface area contributed by atoms with E-state index in [-0.39, 0.29) is 40.7 Å². The largest absolute Gasteiger partial charge is 2.00 e. The molecular weight excluding hydrogens is 395 g/mol. The standard InChI is InChI=1S/2C9H18N2O2.Co/c2*1-5-10-7(6-8(12)13)11-9(2,3)4;/h2*5-6H2,1-4H3,(H,10,11)(H,12,13);/q;;+2/p-2. The smallest absolute Gasteiger partial charge is 0.550 e. The maximum atomic E-state index is 10.3. The summed E-state index contributed by atoms with van der Waals surface area (Å²) in [7, 11) is 0. The second-order valence-corrected chi connectivity index (χ2v) is 7.69. The van der Waals surface area contributed by atoms with E-state index in [9.17, 15) is 19.8 Å². The van der Waals surface area contributed by atoms with Gasteiger partial charge in [-0.25, -0.2) is 0 Å². The third kappa shape index (κ3) is 24.4. The molecule has 0 atom stereocenters. The molecule has 0 unspecified atom stereocenters. The molecule has 0 aromatic heterocycles. The summed E-state index contributed by atoms with van der Waals surface area (Å²) in [6.07, 6.45) is -0.295. The van der Waals surface area contributed by atoms with Gasteiger partial charge in [-0.2, -0.15) is 0 Å². The molecule has 0 saturated heterocycles. The normalized spacial score (nSPS) is 12.3. The number of amidine groups is 2. The molecule has 0 saturated carbocycles. The van der Waals surface area contributed by atoms with Crippen LogP contribution < -0.4 is 20.8 Å². The number of carbonyl (C=O) groups is 2. The fourth-order valence-electron chi connectivity index (χ4n) is 1.80. The molecule has 0 bridgehead atoms. The number of rotatable bonds is 6. The first-order valence-corrected chi connectivity index (χ1v) is 8.72. The Morgan fingerprint density at radius 3 is 1.15 bits per heavy atom. The summed E-state index contributed by atoms with van der Waals surface area (Å²) in [5.74, 6) is -1.25. The Morgan fingerprint density at radius 1 is 0.741 bits per heavy atom. The quantitative estimate of drug-likeness (QED) is 0.447. The van der Waals surface area contributed by atoms with Crippen molar-refractivity contribution >= 4 is 23.6 Å². The zero-order valence-corrected chi connectivity index (χ0v) is 18.7. The van der Waals surface area contributed by atoms with Crippen LogP contribution in [0.2, 0.25) is 0 Å². The van der Waals surface area contributed by atoms with Crippen LogP contribution in [-0.2, 0) is 26.4 Å². The van der Waals surface area contributed by atoms with Crippen LogP contribution in [0.25, 0.3) is 0 Å². The molecule has 0 spiro atoms. The monoisotopic (exact) mass is 429 g/mol. The topological polar surface area (TPSA) is 129 Å². The van der Waals surface area contributed by atoms with E-state index in [0.717, 1.165) is 0 Å². The first-order chi connectivity index (χ1) is 11.7. The SMILES string of the molecule is CCN=C(CC(=O)[O-])NC(C)(C)C.CCN=C(CC(=O)[O-])NC(C)(C)C.[Co+2]. The van der Waals surface area contributed by atoms with Crippen LogP contribution in [0.3, 0.4) is 0 Å². The van der Waals surface area contributed by atoms with Crippen molar-refractivity contribution in [1.29, 1.82) is 0 Å². The van der Waals surface area contributed by atoms with Gasteiger partial charge in [0, 0.05) is 48.9 Å². The van der Waals surface area contributed by atoms with Crippen molar-refractivity contribution in [2.24, 2.45) is 9.98 Å². The van der Waals surface area contributed by atoms with E-state index in [1.807, 2.05) is 55.4 Å². The van der Waals surface area contributed by atoms with Crippen molar-refractivity contribution in [1.82, 2.24) is 10.6 Å². The molecule has 0 fully saturated rings. The van der Waals surface area contributed by atoms with Crippen LogP contribution in [0.1, 0.15) is 68.2 Å². The van der Waals surface area contributed by atoms with Crippen molar-refractivity contribution in [2.45, 2.75) is 79.3 Å². The molecule has 159 valence electrons. The van der Waals surface area contributed by atoms with Crippen molar-refractivity contribution in [2.75, 3.05) is 13.1 Å². The van der Waals surface area contributed by atoms with E-state index < -0.39 is 11.9 Å². The summed E-state index contributed by atoms with van der Waals surface area (Å²) in [4.78, 5) is 28.7. The number of nitrogens with one attached hydrogen (secondary N) is 2. The summed E-state index contributed by atoms with van der Waals surface area (Å²) < 4.78 is 0. The van der Waals surface area contributed by atoms with Crippen LogP contribution >= 0.6 is 0 Å². The molecular formula is C18H34CoN4O4. The van der Waals surface area contributed by atoms with Crippen LogP contribution in [0.4, 0.5) is 0 Å². The van der Waals surface area contributed by atoms with Crippen molar-refractivity contribution in [3.8, 4) is 0 Å². The average Bonchev–Trinajstić information content (AvgIpc) is 2.34. The maximum absolute atomic E-state index is 10.3. The minimum Gasteiger partial charge on any atom is -0.550 e. The predicted molar refractivity (Wildman–Crippen MR) is 101 cm³/mol. The first-order valence-electron chi connectivity index (χ1n) is 8.72. The van der Waals surface area contributed by atoms with Gasteiger partial charge in [-0.1, -0.05) is 0 Å². The van der Waals surface area contributed by atoms with Crippen LogP contribution in [0.5, 0.6) is 0 Å². The molecule has 0 aromatic carbocycles. The number of aliphatic imine (C=N–C) groups is 2. The fourth-order valence-corrected chi connectivity index (χ4v) is 1.80. The minimum atomic E-state index is -1.11. The molecule has 0 amide bonds. The molecule has 9 heteroatoms. The van der Waals surface area contributed by atoms with Gasteiger partial charge >= 0.3 is 16.8 Å². The van der Waals surface area contributed by atoms with Crippen molar-refractivity contribution in [3.63, 3.8) is 0 Å². The number of carboxylic acids is 2. The molecule has 0 aliphatic rings. The number of carbonyl (C=O) groups excluding carboxylic acids is 2. The van der Waals surface area contributed by atoms with Crippen LogP contribution in [-0.4, -0.2) is 47.8 Å². The molecule has 8 nitrogen and oxygen atoms in total. The van der Waals surface area contributed by atoms with Gasteiger partial charge in [0.2, 0.25) is 0 Å². The van der Waals surface area contributed by atoms with E-state index in [4.69, 9.17) is 0 Å². The van der Waals surface area contributed by atoms with Crippen LogP contribution in [0, 0.1) is 0 Å². The molecule has 0 aliphatic carbocycles. The van der Waals surface area contributed by atoms with E-state index in [2.05, 4.69) is 20.6 Å². The Bertz CT molecular complexity index is 460. The van der Waals surface area contributed by atoms with Gasteiger partial charge in [0.05, 0.1) is 0 Å². The van der Waals surface area contributed by atoms with Gasteiger partial charge in [0.25, 0.3) is 0 Å². The van der Waals surface area contributed by atoms with Crippen molar-refractivity contribution < 1.29 is 36.6 Å². The van der Waals surface area contributed by atoms with E-state index in [0.29, 0.717) is 24.8 Å². The Morgan fingerprint density at radius 2 is 1.00 bits per heavy atom. The zero-order chi connectivity index (χ0) is 21.0. The molecule has 0 aromatic rings. The van der Waals surface area contributed by atoms with Gasteiger partial charge in [-0.15, -0.1) is 0 Å². The second-order valence-electron chi connectivity index (χ2n) is 7.69. The number of hydrogen-bond donors (Lipinski definition) is 2.